The Bertz CT molecular complexity index is 596. The summed E-state index contributed by atoms with van der Waals surface area (Å²) in [5.74, 6) is -0.883. The summed E-state index contributed by atoms with van der Waals surface area (Å²) in [5.41, 5.74) is 1.92. The van der Waals surface area contributed by atoms with E-state index in [9.17, 15) is 9.90 Å². The molecule has 0 aliphatic rings. The SMILES string of the molecule is CCCCc1cnc2ccc(Br)cc2c1C(=O)O. The first kappa shape index (κ1) is 13.0. The Morgan fingerprint density at radius 3 is 2.89 bits per heavy atom. The minimum Gasteiger partial charge on any atom is -0.478 e. The number of rotatable bonds is 4. The van der Waals surface area contributed by atoms with Gasteiger partial charge in [-0.1, -0.05) is 29.3 Å². The number of fused-ring (bicyclic) bond motifs is 1. The molecule has 0 saturated heterocycles. The summed E-state index contributed by atoms with van der Waals surface area (Å²) in [6.07, 6.45) is 4.46. The number of pyridine rings is 1. The summed E-state index contributed by atoms with van der Waals surface area (Å²) >= 11 is 3.37. The number of aryl methyl sites for hydroxylation is 1. The molecule has 2 rings (SSSR count). The number of benzene rings is 1. The zero-order chi connectivity index (χ0) is 13.1. The van der Waals surface area contributed by atoms with Crippen LogP contribution in [0.1, 0.15) is 35.7 Å². The van der Waals surface area contributed by atoms with Crippen LogP contribution in [0.3, 0.4) is 0 Å². The van der Waals surface area contributed by atoms with Gasteiger partial charge in [0.25, 0.3) is 0 Å². The normalized spacial score (nSPS) is 10.8. The molecule has 18 heavy (non-hydrogen) atoms. The standard InChI is InChI=1S/C14H14BrNO2/c1-2-3-4-9-8-16-12-6-5-10(15)7-11(12)13(9)14(17)18/h5-8H,2-4H2,1H3,(H,17,18). The number of aromatic nitrogens is 1. The van der Waals surface area contributed by atoms with Crippen LogP contribution in [-0.2, 0) is 6.42 Å². The molecule has 4 heteroatoms. The maximum Gasteiger partial charge on any atom is 0.336 e. The lowest BCUT2D eigenvalue weighted by atomic mass is 10.00. The molecular formula is C14H14BrNO2. The Labute approximate surface area is 114 Å². The van der Waals surface area contributed by atoms with Crippen molar-refractivity contribution in [2.24, 2.45) is 0 Å². The lowest BCUT2D eigenvalue weighted by molar-refractivity contribution is 0.0697. The first-order valence-corrected chi connectivity index (χ1v) is 6.73. The molecule has 0 radical (unpaired) electrons. The lowest BCUT2D eigenvalue weighted by Gasteiger charge is -2.09. The van der Waals surface area contributed by atoms with E-state index < -0.39 is 5.97 Å². The smallest absolute Gasteiger partial charge is 0.336 e. The van der Waals surface area contributed by atoms with Gasteiger partial charge in [-0.2, -0.15) is 0 Å². The van der Waals surface area contributed by atoms with Crippen LogP contribution in [0.15, 0.2) is 28.9 Å². The quantitative estimate of drug-likeness (QED) is 0.927. The number of hydrogen-bond donors (Lipinski definition) is 1. The van der Waals surface area contributed by atoms with Crippen molar-refractivity contribution in [2.45, 2.75) is 26.2 Å². The van der Waals surface area contributed by atoms with Crippen LogP contribution in [0.2, 0.25) is 0 Å². The fraction of sp³-hybridized carbons (Fsp3) is 0.286. The molecule has 1 aromatic heterocycles. The molecule has 0 aliphatic carbocycles. The molecule has 3 nitrogen and oxygen atoms in total. The lowest BCUT2D eigenvalue weighted by Crippen LogP contribution is -2.05. The summed E-state index contributed by atoms with van der Waals surface area (Å²) in [4.78, 5) is 15.8. The molecule has 0 fully saturated rings. The van der Waals surface area contributed by atoms with Gasteiger partial charge < -0.3 is 5.11 Å². The molecule has 0 amide bonds. The molecule has 0 bridgehead atoms. The van der Waals surface area contributed by atoms with Gasteiger partial charge in [-0.15, -0.1) is 0 Å². The highest BCUT2D eigenvalue weighted by Crippen LogP contribution is 2.25. The van der Waals surface area contributed by atoms with E-state index in [2.05, 4.69) is 27.8 Å². The van der Waals surface area contributed by atoms with E-state index in [-0.39, 0.29) is 0 Å². The van der Waals surface area contributed by atoms with E-state index >= 15 is 0 Å². The third-order valence-electron chi connectivity index (χ3n) is 2.92. The third-order valence-corrected chi connectivity index (χ3v) is 3.42. The average Bonchev–Trinajstić information content (AvgIpc) is 2.34. The second kappa shape index (κ2) is 5.48. The molecule has 0 spiro atoms. The fourth-order valence-electron chi connectivity index (χ4n) is 2.02. The maximum absolute atomic E-state index is 11.5. The van der Waals surface area contributed by atoms with Crippen molar-refractivity contribution in [3.05, 3.63) is 40.0 Å². The number of carbonyl (C=O) groups is 1. The number of halogens is 1. The number of carboxylic acid groups (broad SMARTS) is 1. The van der Waals surface area contributed by atoms with Gasteiger partial charge in [-0.3, -0.25) is 4.98 Å². The second-order valence-electron chi connectivity index (χ2n) is 4.23. The van der Waals surface area contributed by atoms with Gasteiger partial charge in [0, 0.05) is 16.1 Å². The number of aromatic carboxylic acids is 1. The van der Waals surface area contributed by atoms with E-state index in [1.165, 1.54) is 0 Å². The Balaban J connectivity index is 2.65. The van der Waals surface area contributed by atoms with Gasteiger partial charge >= 0.3 is 5.97 Å². The highest BCUT2D eigenvalue weighted by molar-refractivity contribution is 9.10. The molecule has 0 atom stereocenters. The van der Waals surface area contributed by atoms with Crippen molar-refractivity contribution in [2.75, 3.05) is 0 Å². The van der Waals surface area contributed by atoms with Crippen LogP contribution in [0.4, 0.5) is 0 Å². The fourth-order valence-corrected chi connectivity index (χ4v) is 2.38. The average molecular weight is 308 g/mol. The molecule has 1 N–H and O–H groups in total. The van der Waals surface area contributed by atoms with Gasteiger partial charge in [0.2, 0.25) is 0 Å². The number of nitrogens with zero attached hydrogens (tertiary/aromatic N) is 1. The Kier molecular flexibility index (Phi) is 3.97. The molecule has 94 valence electrons. The zero-order valence-electron chi connectivity index (χ0n) is 10.1. The van der Waals surface area contributed by atoms with Crippen LogP contribution < -0.4 is 0 Å². The minimum atomic E-state index is -0.883. The first-order valence-electron chi connectivity index (χ1n) is 5.94. The molecule has 0 unspecified atom stereocenters. The van der Waals surface area contributed by atoms with Crippen LogP contribution in [0.5, 0.6) is 0 Å². The summed E-state index contributed by atoms with van der Waals surface area (Å²) in [6, 6.07) is 5.52. The van der Waals surface area contributed by atoms with Crippen molar-refractivity contribution < 1.29 is 9.90 Å². The van der Waals surface area contributed by atoms with Crippen molar-refractivity contribution >= 4 is 32.8 Å². The monoisotopic (exact) mass is 307 g/mol. The highest BCUT2D eigenvalue weighted by Gasteiger charge is 2.15. The molecule has 1 aromatic carbocycles. The van der Waals surface area contributed by atoms with Crippen molar-refractivity contribution in [3.8, 4) is 0 Å². The minimum absolute atomic E-state index is 0.384. The van der Waals surface area contributed by atoms with E-state index in [0.29, 0.717) is 10.9 Å². The molecule has 0 saturated carbocycles. The van der Waals surface area contributed by atoms with Gasteiger partial charge in [-0.25, -0.2) is 4.79 Å². The Morgan fingerprint density at radius 2 is 2.22 bits per heavy atom. The number of unbranched alkanes of at least 4 members (excludes halogenated alkanes) is 1. The zero-order valence-corrected chi connectivity index (χ0v) is 11.7. The first-order chi connectivity index (χ1) is 8.63. The number of carboxylic acids is 1. The van der Waals surface area contributed by atoms with Gasteiger partial charge in [0.05, 0.1) is 11.1 Å². The predicted molar refractivity (Wildman–Crippen MR) is 75.0 cm³/mol. The topological polar surface area (TPSA) is 50.2 Å². The van der Waals surface area contributed by atoms with E-state index in [4.69, 9.17) is 0 Å². The van der Waals surface area contributed by atoms with E-state index in [1.54, 1.807) is 6.20 Å². The van der Waals surface area contributed by atoms with E-state index in [0.717, 1.165) is 34.8 Å². The largest absolute Gasteiger partial charge is 0.478 e. The molecule has 0 aliphatic heterocycles. The summed E-state index contributed by atoms with van der Waals surface area (Å²) < 4.78 is 0.868. The van der Waals surface area contributed by atoms with Gasteiger partial charge in [0.15, 0.2) is 0 Å². The van der Waals surface area contributed by atoms with Gasteiger partial charge in [0.1, 0.15) is 0 Å². The van der Waals surface area contributed by atoms with Crippen LogP contribution >= 0.6 is 15.9 Å². The Hall–Kier alpha value is -1.42. The summed E-state index contributed by atoms with van der Waals surface area (Å²) in [5, 5.41) is 10.1. The van der Waals surface area contributed by atoms with Crippen molar-refractivity contribution in [1.29, 1.82) is 0 Å². The molecular weight excluding hydrogens is 294 g/mol. The van der Waals surface area contributed by atoms with Crippen LogP contribution in [0.25, 0.3) is 10.9 Å². The van der Waals surface area contributed by atoms with Crippen molar-refractivity contribution in [3.63, 3.8) is 0 Å². The second-order valence-corrected chi connectivity index (χ2v) is 5.14. The van der Waals surface area contributed by atoms with Crippen LogP contribution in [-0.4, -0.2) is 16.1 Å². The van der Waals surface area contributed by atoms with E-state index in [1.807, 2.05) is 18.2 Å². The number of hydrogen-bond acceptors (Lipinski definition) is 2. The third kappa shape index (κ3) is 2.53. The predicted octanol–water partition coefficient (Wildman–Crippen LogP) is 4.04. The summed E-state index contributed by atoms with van der Waals surface area (Å²) in [7, 11) is 0. The van der Waals surface area contributed by atoms with Crippen LogP contribution in [0, 0.1) is 0 Å². The highest BCUT2D eigenvalue weighted by atomic mass is 79.9. The van der Waals surface area contributed by atoms with Gasteiger partial charge in [-0.05, 0) is 36.6 Å². The van der Waals surface area contributed by atoms with Crippen molar-refractivity contribution in [1.82, 2.24) is 4.98 Å². The molecule has 2 aromatic rings. The molecule has 1 heterocycles. The maximum atomic E-state index is 11.5. The Morgan fingerprint density at radius 1 is 1.44 bits per heavy atom. The summed E-state index contributed by atoms with van der Waals surface area (Å²) in [6.45, 7) is 2.09.